The summed E-state index contributed by atoms with van der Waals surface area (Å²) in [5.41, 5.74) is 1.49. The zero-order valence-electron chi connectivity index (χ0n) is 20.0. The fourth-order valence-corrected chi connectivity index (χ4v) is 6.16. The van der Waals surface area contributed by atoms with Crippen LogP contribution in [0.1, 0.15) is 76.7 Å². The van der Waals surface area contributed by atoms with Crippen molar-refractivity contribution in [1.82, 2.24) is 0 Å². The Kier molecular flexibility index (Phi) is 7.27. The van der Waals surface area contributed by atoms with Crippen molar-refractivity contribution in [3.63, 3.8) is 0 Å². The van der Waals surface area contributed by atoms with E-state index in [4.69, 9.17) is 0 Å². The summed E-state index contributed by atoms with van der Waals surface area (Å²) in [6, 6.07) is 23.4. The van der Waals surface area contributed by atoms with E-state index in [0.717, 1.165) is 0 Å². The SMILES string of the molecule is CCCCCCCCCCCCc1ccc2cc3c(ccc4c5ccsc5ccc34)cc2c1. The molecule has 33 heavy (non-hydrogen) atoms. The maximum atomic E-state index is 2.43. The molecule has 0 aliphatic carbocycles. The molecule has 0 bridgehead atoms. The molecular weight excluding hydrogens is 416 g/mol. The van der Waals surface area contributed by atoms with Crippen molar-refractivity contribution in [1.29, 1.82) is 0 Å². The van der Waals surface area contributed by atoms with E-state index in [-0.39, 0.29) is 0 Å². The van der Waals surface area contributed by atoms with Gasteiger partial charge in [0, 0.05) is 10.1 Å². The van der Waals surface area contributed by atoms with Crippen LogP contribution in [0.2, 0.25) is 0 Å². The third-order valence-electron chi connectivity index (χ3n) is 7.29. The lowest BCUT2D eigenvalue weighted by Gasteiger charge is -2.09. The van der Waals surface area contributed by atoms with Gasteiger partial charge in [0.1, 0.15) is 0 Å². The van der Waals surface area contributed by atoms with Crippen LogP contribution in [0.3, 0.4) is 0 Å². The maximum Gasteiger partial charge on any atom is 0.0349 e. The lowest BCUT2D eigenvalue weighted by atomic mass is 9.95. The first-order chi connectivity index (χ1) is 16.3. The van der Waals surface area contributed by atoms with Gasteiger partial charge in [-0.05, 0) is 80.4 Å². The lowest BCUT2D eigenvalue weighted by Crippen LogP contribution is -1.88. The Morgan fingerprint density at radius 1 is 0.515 bits per heavy atom. The van der Waals surface area contributed by atoms with Gasteiger partial charge >= 0.3 is 0 Å². The van der Waals surface area contributed by atoms with Crippen molar-refractivity contribution < 1.29 is 0 Å². The van der Waals surface area contributed by atoms with Crippen LogP contribution < -0.4 is 0 Å². The van der Waals surface area contributed by atoms with Crippen LogP contribution in [0, 0.1) is 0 Å². The topological polar surface area (TPSA) is 0 Å². The standard InChI is InChI=1S/C32H36S/c1-2-3-4-5-6-7-8-9-10-11-12-24-13-14-25-23-31-26(22-27(25)21-24)15-16-28-29(31)17-18-32-30(28)19-20-33-32/h13-23H,2-12H2,1H3. The van der Waals surface area contributed by atoms with Crippen molar-refractivity contribution in [3.05, 3.63) is 71.6 Å². The van der Waals surface area contributed by atoms with Crippen molar-refractivity contribution in [3.8, 4) is 0 Å². The Morgan fingerprint density at radius 3 is 2.03 bits per heavy atom. The molecule has 1 aromatic heterocycles. The Balaban J connectivity index is 1.23. The minimum absolute atomic E-state index is 1.21. The Morgan fingerprint density at radius 2 is 1.21 bits per heavy atom. The first kappa shape index (κ1) is 22.4. The van der Waals surface area contributed by atoms with Crippen LogP contribution in [-0.2, 0) is 6.42 Å². The number of rotatable bonds is 11. The summed E-state index contributed by atoms with van der Waals surface area (Å²) >= 11 is 1.83. The van der Waals surface area contributed by atoms with Crippen molar-refractivity contribution in [2.45, 2.75) is 77.6 Å². The first-order valence-electron chi connectivity index (χ1n) is 13.1. The molecule has 0 atom stereocenters. The Hall–Kier alpha value is -2.38. The van der Waals surface area contributed by atoms with E-state index in [9.17, 15) is 0 Å². The molecule has 0 aliphatic heterocycles. The van der Waals surface area contributed by atoms with Crippen LogP contribution in [0.5, 0.6) is 0 Å². The molecule has 0 nitrogen and oxygen atoms in total. The van der Waals surface area contributed by atoms with Gasteiger partial charge in [0.05, 0.1) is 0 Å². The summed E-state index contributed by atoms with van der Waals surface area (Å²) in [5.74, 6) is 0. The summed E-state index contributed by atoms with van der Waals surface area (Å²) in [4.78, 5) is 0. The monoisotopic (exact) mass is 452 g/mol. The second-order valence-electron chi connectivity index (χ2n) is 9.75. The highest BCUT2D eigenvalue weighted by molar-refractivity contribution is 7.17. The quantitative estimate of drug-likeness (QED) is 0.106. The maximum absolute atomic E-state index is 2.43. The number of unbranched alkanes of at least 4 members (excludes halogenated alkanes) is 9. The third kappa shape index (κ3) is 5.09. The highest BCUT2D eigenvalue weighted by Gasteiger charge is 2.07. The van der Waals surface area contributed by atoms with Gasteiger partial charge in [-0.3, -0.25) is 0 Å². The molecule has 0 spiro atoms. The molecule has 1 heteroatoms. The molecule has 170 valence electrons. The number of fused-ring (bicyclic) bond motifs is 6. The van der Waals surface area contributed by atoms with E-state index in [1.807, 2.05) is 11.3 Å². The molecule has 0 fully saturated rings. The highest BCUT2D eigenvalue weighted by Crippen LogP contribution is 2.35. The van der Waals surface area contributed by atoms with Gasteiger partial charge in [0.15, 0.2) is 0 Å². The first-order valence-corrected chi connectivity index (χ1v) is 14.0. The molecule has 0 amide bonds. The summed E-state index contributed by atoms with van der Waals surface area (Å²) in [7, 11) is 0. The number of benzene rings is 4. The van der Waals surface area contributed by atoms with Crippen LogP contribution >= 0.6 is 11.3 Å². The highest BCUT2D eigenvalue weighted by atomic mass is 32.1. The smallest absolute Gasteiger partial charge is 0.0349 e. The van der Waals surface area contributed by atoms with E-state index < -0.39 is 0 Å². The summed E-state index contributed by atoms with van der Waals surface area (Å²) in [6.45, 7) is 2.29. The van der Waals surface area contributed by atoms with Crippen LogP contribution in [-0.4, -0.2) is 0 Å². The second-order valence-corrected chi connectivity index (χ2v) is 10.7. The van der Waals surface area contributed by atoms with E-state index >= 15 is 0 Å². The largest absolute Gasteiger partial charge is 0.144 e. The minimum atomic E-state index is 1.21. The second kappa shape index (κ2) is 10.7. The van der Waals surface area contributed by atoms with Gasteiger partial charge in [0.25, 0.3) is 0 Å². The molecule has 0 aliphatic rings. The molecule has 0 saturated carbocycles. The van der Waals surface area contributed by atoms with Crippen LogP contribution in [0.15, 0.2) is 66.0 Å². The predicted octanol–water partition coefficient (Wildman–Crippen LogP) is 10.8. The molecule has 0 unspecified atom stereocenters. The van der Waals surface area contributed by atoms with Gasteiger partial charge < -0.3 is 0 Å². The van der Waals surface area contributed by atoms with E-state index in [1.165, 1.54) is 119 Å². The number of aryl methyl sites for hydroxylation is 1. The predicted molar refractivity (Wildman–Crippen MR) is 150 cm³/mol. The molecule has 0 radical (unpaired) electrons. The fourth-order valence-electron chi connectivity index (χ4n) is 5.36. The summed E-state index contributed by atoms with van der Waals surface area (Å²) < 4.78 is 1.37. The Labute approximate surface area is 202 Å². The molecular formula is C32H36S. The van der Waals surface area contributed by atoms with Gasteiger partial charge in [-0.2, -0.15) is 0 Å². The van der Waals surface area contributed by atoms with E-state index in [1.54, 1.807) is 0 Å². The van der Waals surface area contributed by atoms with Crippen LogP contribution in [0.25, 0.3) is 42.4 Å². The zero-order chi connectivity index (χ0) is 22.5. The average Bonchev–Trinajstić information content (AvgIpc) is 3.33. The van der Waals surface area contributed by atoms with Crippen molar-refractivity contribution in [2.75, 3.05) is 0 Å². The molecule has 0 saturated heterocycles. The number of hydrogen-bond donors (Lipinski definition) is 0. The molecule has 4 aromatic carbocycles. The minimum Gasteiger partial charge on any atom is -0.144 e. The van der Waals surface area contributed by atoms with Crippen LogP contribution in [0.4, 0.5) is 0 Å². The molecule has 1 heterocycles. The van der Waals surface area contributed by atoms with Crippen molar-refractivity contribution >= 4 is 53.7 Å². The third-order valence-corrected chi connectivity index (χ3v) is 8.17. The zero-order valence-corrected chi connectivity index (χ0v) is 20.9. The number of hydrogen-bond acceptors (Lipinski definition) is 1. The van der Waals surface area contributed by atoms with Gasteiger partial charge in [-0.15, -0.1) is 11.3 Å². The summed E-state index contributed by atoms with van der Waals surface area (Å²) in [5, 5.41) is 11.8. The summed E-state index contributed by atoms with van der Waals surface area (Å²) in [6.07, 6.45) is 15.2. The Bertz CT molecular complexity index is 1360. The van der Waals surface area contributed by atoms with E-state index in [2.05, 4.69) is 73.0 Å². The van der Waals surface area contributed by atoms with Crippen molar-refractivity contribution in [2.24, 2.45) is 0 Å². The average molecular weight is 453 g/mol. The van der Waals surface area contributed by atoms with Gasteiger partial charge in [-0.25, -0.2) is 0 Å². The van der Waals surface area contributed by atoms with E-state index in [0.29, 0.717) is 0 Å². The lowest BCUT2D eigenvalue weighted by molar-refractivity contribution is 0.556. The molecule has 0 N–H and O–H groups in total. The number of thiophene rings is 1. The molecule has 5 rings (SSSR count). The fraction of sp³-hybridized carbons (Fsp3) is 0.375. The van der Waals surface area contributed by atoms with Gasteiger partial charge in [0.2, 0.25) is 0 Å². The van der Waals surface area contributed by atoms with Gasteiger partial charge in [-0.1, -0.05) is 101 Å². The molecule has 5 aromatic rings. The normalized spacial score (nSPS) is 11.9.